The van der Waals surface area contributed by atoms with Crippen LogP contribution in [-0.4, -0.2) is 45.6 Å². The Morgan fingerprint density at radius 2 is 2.10 bits per heavy atom. The van der Waals surface area contributed by atoms with Gasteiger partial charge in [-0.3, -0.25) is 0 Å². The number of piperidine rings is 1. The maximum atomic E-state index is 5.74. The molecule has 1 aliphatic heterocycles. The van der Waals surface area contributed by atoms with E-state index in [1.807, 2.05) is 6.92 Å². The highest BCUT2D eigenvalue weighted by Gasteiger charge is 2.22. The maximum absolute atomic E-state index is 5.74. The molecule has 1 fully saturated rings. The maximum Gasteiger partial charge on any atom is 0.200 e. The number of rotatable bonds is 4. The normalized spacial score (nSPS) is 17.0. The molecule has 1 saturated heterocycles. The van der Waals surface area contributed by atoms with Gasteiger partial charge in [-0.05, 0) is 45.6 Å². The van der Waals surface area contributed by atoms with Crippen LogP contribution in [0.4, 0.5) is 5.69 Å². The molecule has 6 nitrogen and oxygen atoms in total. The van der Waals surface area contributed by atoms with E-state index in [0.717, 1.165) is 49.6 Å². The van der Waals surface area contributed by atoms with Gasteiger partial charge in [-0.1, -0.05) is 0 Å². The highest BCUT2D eigenvalue weighted by atomic mass is 16.5. The Morgan fingerprint density at radius 3 is 2.81 bits per heavy atom. The first-order chi connectivity index (χ1) is 10.1. The Balaban J connectivity index is 1.69. The topological polar surface area (TPSA) is 55.5 Å². The number of fused-ring (bicyclic) bond motifs is 1. The Morgan fingerprint density at radius 1 is 1.33 bits per heavy atom. The SMILES string of the molecule is Cc1cc(N2CCC(COC(C)C)CC2)c2nncn2n1. The lowest BCUT2D eigenvalue weighted by Crippen LogP contribution is -2.35. The Labute approximate surface area is 125 Å². The van der Waals surface area contributed by atoms with Crippen LogP contribution >= 0.6 is 0 Å². The monoisotopic (exact) mass is 289 g/mol. The summed E-state index contributed by atoms with van der Waals surface area (Å²) in [5.74, 6) is 0.667. The first-order valence-corrected chi connectivity index (χ1v) is 7.67. The van der Waals surface area contributed by atoms with Crippen molar-refractivity contribution in [1.29, 1.82) is 0 Å². The lowest BCUT2D eigenvalue weighted by Gasteiger charge is -2.33. The number of aryl methyl sites for hydroxylation is 1. The average molecular weight is 289 g/mol. The van der Waals surface area contributed by atoms with Gasteiger partial charge in [-0.25, -0.2) is 0 Å². The molecule has 0 radical (unpaired) electrons. The van der Waals surface area contributed by atoms with Gasteiger partial charge in [0.1, 0.15) is 6.33 Å². The van der Waals surface area contributed by atoms with Crippen LogP contribution in [0.1, 0.15) is 32.4 Å². The lowest BCUT2D eigenvalue weighted by molar-refractivity contribution is 0.0449. The van der Waals surface area contributed by atoms with Crippen LogP contribution in [0, 0.1) is 12.8 Å². The predicted octanol–water partition coefficient (Wildman–Crippen LogP) is 2.07. The van der Waals surface area contributed by atoms with Gasteiger partial charge in [-0.2, -0.15) is 9.61 Å². The summed E-state index contributed by atoms with van der Waals surface area (Å²) in [5, 5.41) is 12.6. The van der Waals surface area contributed by atoms with Gasteiger partial charge in [0.15, 0.2) is 0 Å². The van der Waals surface area contributed by atoms with Gasteiger partial charge in [0.05, 0.1) is 17.5 Å². The van der Waals surface area contributed by atoms with Gasteiger partial charge in [0, 0.05) is 19.7 Å². The fraction of sp³-hybridized carbons (Fsp3) is 0.667. The minimum absolute atomic E-state index is 0.321. The van der Waals surface area contributed by atoms with E-state index in [1.165, 1.54) is 0 Å². The molecule has 0 spiro atoms. The summed E-state index contributed by atoms with van der Waals surface area (Å²) in [6.45, 7) is 9.15. The summed E-state index contributed by atoms with van der Waals surface area (Å²) in [4.78, 5) is 2.39. The molecule has 0 atom stereocenters. The minimum atomic E-state index is 0.321. The molecular weight excluding hydrogens is 266 g/mol. The molecule has 2 aromatic rings. The van der Waals surface area contributed by atoms with Crippen molar-refractivity contribution in [2.24, 2.45) is 5.92 Å². The zero-order valence-corrected chi connectivity index (χ0v) is 13.0. The van der Waals surface area contributed by atoms with E-state index in [4.69, 9.17) is 4.74 Å². The predicted molar refractivity (Wildman–Crippen MR) is 81.5 cm³/mol. The lowest BCUT2D eigenvalue weighted by atomic mass is 9.97. The van der Waals surface area contributed by atoms with Crippen LogP contribution < -0.4 is 4.90 Å². The molecule has 2 aromatic heterocycles. The summed E-state index contributed by atoms with van der Waals surface area (Å²) in [7, 11) is 0. The van der Waals surface area contributed by atoms with E-state index in [2.05, 4.69) is 40.1 Å². The van der Waals surface area contributed by atoms with Crippen molar-refractivity contribution in [2.45, 2.75) is 39.7 Å². The van der Waals surface area contributed by atoms with Crippen LogP contribution in [0.2, 0.25) is 0 Å². The van der Waals surface area contributed by atoms with E-state index in [1.54, 1.807) is 10.8 Å². The molecule has 21 heavy (non-hydrogen) atoms. The number of anilines is 1. The summed E-state index contributed by atoms with van der Waals surface area (Å²) >= 11 is 0. The number of aromatic nitrogens is 4. The fourth-order valence-corrected chi connectivity index (χ4v) is 2.83. The van der Waals surface area contributed by atoms with Gasteiger partial charge in [0.2, 0.25) is 5.65 Å². The van der Waals surface area contributed by atoms with Gasteiger partial charge in [-0.15, -0.1) is 10.2 Å². The van der Waals surface area contributed by atoms with E-state index in [0.29, 0.717) is 12.0 Å². The van der Waals surface area contributed by atoms with E-state index in [9.17, 15) is 0 Å². The number of nitrogens with zero attached hydrogens (tertiary/aromatic N) is 5. The molecule has 3 heterocycles. The van der Waals surface area contributed by atoms with Gasteiger partial charge in [0.25, 0.3) is 0 Å². The fourth-order valence-electron chi connectivity index (χ4n) is 2.83. The van der Waals surface area contributed by atoms with Crippen molar-refractivity contribution in [2.75, 3.05) is 24.6 Å². The second kappa shape index (κ2) is 5.97. The quantitative estimate of drug-likeness (QED) is 0.862. The molecule has 0 aromatic carbocycles. The second-order valence-corrected chi connectivity index (χ2v) is 6.08. The van der Waals surface area contributed by atoms with Crippen molar-refractivity contribution in [3.8, 4) is 0 Å². The Bertz CT molecular complexity index is 601. The first kappa shape index (κ1) is 14.3. The van der Waals surface area contributed by atoms with Crippen molar-refractivity contribution < 1.29 is 4.74 Å². The molecular formula is C15H23N5O. The Kier molecular flexibility index (Phi) is 4.05. The van der Waals surface area contributed by atoms with Crippen molar-refractivity contribution in [3.63, 3.8) is 0 Å². The van der Waals surface area contributed by atoms with Gasteiger partial charge >= 0.3 is 0 Å². The van der Waals surface area contributed by atoms with Crippen LogP contribution in [-0.2, 0) is 4.74 Å². The highest BCUT2D eigenvalue weighted by molar-refractivity contribution is 5.68. The smallest absolute Gasteiger partial charge is 0.200 e. The average Bonchev–Trinajstić information content (AvgIpc) is 2.93. The summed E-state index contributed by atoms with van der Waals surface area (Å²) in [6.07, 6.45) is 4.30. The first-order valence-electron chi connectivity index (χ1n) is 7.67. The zero-order valence-electron chi connectivity index (χ0n) is 13.0. The molecule has 6 heteroatoms. The van der Waals surface area contributed by atoms with Crippen LogP contribution in [0.5, 0.6) is 0 Å². The molecule has 0 amide bonds. The summed E-state index contributed by atoms with van der Waals surface area (Å²) < 4.78 is 7.51. The number of ether oxygens (including phenoxy) is 1. The van der Waals surface area contributed by atoms with Crippen LogP contribution in [0.25, 0.3) is 5.65 Å². The summed E-state index contributed by atoms with van der Waals surface area (Å²) in [5.41, 5.74) is 2.98. The number of hydrogen-bond acceptors (Lipinski definition) is 5. The Hall–Kier alpha value is -1.69. The molecule has 3 rings (SSSR count). The van der Waals surface area contributed by atoms with Crippen molar-refractivity contribution >= 4 is 11.3 Å². The summed E-state index contributed by atoms with van der Waals surface area (Å²) in [6, 6.07) is 2.11. The van der Waals surface area contributed by atoms with E-state index < -0.39 is 0 Å². The molecule has 0 aliphatic carbocycles. The van der Waals surface area contributed by atoms with E-state index >= 15 is 0 Å². The largest absolute Gasteiger partial charge is 0.379 e. The molecule has 114 valence electrons. The zero-order chi connectivity index (χ0) is 14.8. The van der Waals surface area contributed by atoms with Crippen molar-refractivity contribution in [1.82, 2.24) is 19.8 Å². The molecule has 1 aliphatic rings. The third-order valence-electron chi connectivity index (χ3n) is 3.99. The standard InChI is InChI=1S/C15H23N5O/c1-11(2)21-9-13-4-6-19(7-5-13)14-8-12(3)18-20-10-16-17-15(14)20/h8,10-11,13H,4-7,9H2,1-3H3. The molecule has 0 unspecified atom stereocenters. The van der Waals surface area contributed by atoms with Crippen molar-refractivity contribution in [3.05, 3.63) is 18.1 Å². The third-order valence-corrected chi connectivity index (χ3v) is 3.99. The number of hydrogen-bond donors (Lipinski definition) is 0. The minimum Gasteiger partial charge on any atom is -0.379 e. The van der Waals surface area contributed by atoms with Crippen LogP contribution in [0.3, 0.4) is 0 Å². The van der Waals surface area contributed by atoms with E-state index in [-0.39, 0.29) is 0 Å². The molecule has 0 bridgehead atoms. The molecule has 0 N–H and O–H groups in total. The third kappa shape index (κ3) is 3.15. The highest BCUT2D eigenvalue weighted by Crippen LogP contribution is 2.26. The van der Waals surface area contributed by atoms with Crippen LogP contribution in [0.15, 0.2) is 12.4 Å². The molecule has 0 saturated carbocycles. The second-order valence-electron chi connectivity index (χ2n) is 6.08. The van der Waals surface area contributed by atoms with Gasteiger partial charge < -0.3 is 9.64 Å².